The van der Waals surface area contributed by atoms with Crippen LogP contribution in [0.25, 0.3) is 11.0 Å². The molecule has 0 aliphatic carbocycles. The van der Waals surface area contributed by atoms with Crippen LogP contribution in [-0.4, -0.2) is 31.8 Å². The summed E-state index contributed by atoms with van der Waals surface area (Å²) in [6.45, 7) is 5.41. The standard InChI is InChI=1S/C28H28FNO5S/c1-4-34-28(31)27-20(3)24-17-23(12-13-26(24)35-27)36(32,33)30(15-14-21-8-6-5-7-9-21)18-22-11-10-19(2)16-25(22)29/h5-13,16-17H,4,14-15,18H2,1-3H3. The molecule has 1 heterocycles. The van der Waals surface area contributed by atoms with Gasteiger partial charge in [0.15, 0.2) is 0 Å². The van der Waals surface area contributed by atoms with Crippen LogP contribution in [0.4, 0.5) is 4.39 Å². The number of rotatable bonds is 9. The number of benzene rings is 3. The van der Waals surface area contributed by atoms with E-state index in [1.807, 2.05) is 30.3 Å². The van der Waals surface area contributed by atoms with Gasteiger partial charge >= 0.3 is 5.97 Å². The van der Waals surface area contributed by atoms with Crippen molar-refractivity contribution >= 4 is 27.0 Å². The molecule has 0 N–H and O–H groups in total. The lowest BCUT2D eigenvalue weighted by Crippen LogP contribution is -2.33. The second kappa shape index (κ2) is 10.6. The molecule has 0 radical (unpaired) electrons. The van der Waals surface area contributed by atoms with Crippen LogP contribution in [0.2, 0.25) is 0 Å². The van der Waals surface area contributed by atoms with Crippen LogP contribution in [-0.2, 0) is 27.7 Å². The predicted molar refractivity (Wildman–Crippen MR) is 136 cm³/mol. The van der Waals surface area contributed by atoms with E-state index >= 15 is 0 Å². The fraction of sp³-hybridized carbons (Fsp3) is 0.250. The van der Waals surface area contributed by atoms with E-state index in [4.69, 9.17) is 9.15 Å². The van der Waals surface area contributed by atoms with Crippen LogP contribution >= 0.6 is 0 Å². The zero-order valence-corrected chi connectivity index (χ0v) is 21.3. The summed E-state index contributed by atoms with van der Waals surface area (Å²) in [6.07, 6.45) is 0.466. The molecule has 0 amide bonds. The van der Waals surface area contributed by atoms with Crippen molar-refractivity contribution in [3.05, 3.63) is 101 Å². The number of nitrogens with zero attached hydrogens (tertiary/aromatic N) is 1. The van der Waals surface area contributed by atoms with Gasteiger partial charge in [-0.25, -0.2) is 17.6 Å². The first-order chi connectivity index (χ1) is 17.2. The molecule has 0 unspecified atom stereocenters. The lowest BCUT2D eigenvalue weighted by molar-refractivity contribution is 0.0491. The maximum Gasteiger partial charge on any atom is 0.374 e. The highest BCUT2D eigenvalue weighted by atomic mass is 32.2. The van der Waals surface area contributed by atoms with Crippen LogP contribution in [0, 0.1) is 19.7 Å². The average Bonchev–Trinajstić information content (AvgIpc) is 3.19. The van der Waals surface area contributed by atoms with Crippen molar-refractivity contribution in [2.45, 2.75) is 38.6 Å². The molecular formula is C28H28FNO5S. The number of fused-ring (bicyclic) bond motifs is 1. The van der Waals surface area contributed by atoms with Gasteiger partial charge in [0.25, 0.3) is 0 Å². The molecule has 0 spiro atoms. The van der Waals surface area contributed by atoms with Gasteiger partial charge in [-0.05, 0) is 62.6 Å². The van der Waals surface area contributed by atoms with Crippen molar-refractivity contribution in [1.82, 2.24) is 4.31 Å². The molecule has 0 saturated carbocycles. The molecule has 8 heteroatoms. The zero-order valence-electron chi connectivity index (χ0n) is 20.5. The Morgan fingerprint density at radius 3 is 2.47 bits per heavy atom. The van der Waals surface area contributed by atoms with Gasteiger partial charge in [-0.3, -0.25) is 0 Å². The van der Waals surface area contributed by atoms with E-state index in [1.165, 1.54) is 28.6 Å². The number of carbonyl (C=O) groups excluding carboxylic acids is 1. The van der Waals surface area contributed by atoms with Gasteiger partial charge < -0.3 is 9.15 Å². The first-order valence-corrected chi connectivity index (χ1v) is 13.1. The Kier molecular flexibility index (Phi) is 7.56. The highest BCUT2D eigenvalue weighted by Gasteiger charge is 2.27. The normalized spacial score (nSPS) is 11.8. The Bertz CT molecular complexity index is 1500. The molecule has 4 rings (SSSR count). The fourth-order valence-electron chi connectivity index (χ4n) is 4.05. The molecule has 0 aliphatic heterocycles. The van der Waals surface area contributed by atoms with Gasteiger partial charge in [0, 0.05) is 29.6 Å². The molecule has 0 atom stereocenters. The quantitative estimate of drug-likeness (QED) is 0.267. The zero-order chi connectivity index (χ0) is 25.9. The number of ether oxygens (including phenoxy) is 1. The third-order valence-corrected chi connectivity index (χ3v) is 7.90. The third kappa shape index (κ3) is 5.34. The largest absolute Gasteiger partial charge is 0.460 e. The third-order valence-electron chi connectivity index (χ3n) is 6.05. The van der Waals surface area contributed by atoms with E-state index in [-0.39, 0.29) is 30.4 Å². The van der Waals surface area contributed by atoms with Gasteiger partial charge in [-0.2, -0.15) is 4.31 Å². The average molecular weight is 510 g/mol. The molecule has 0 aliphatic rings. The molecule has 188 valence electrons. The number of hydrogen-bond donors (Lipinski definition) is 0. The van der Waals surface area contributed by atoms with Crippen molar-refractivity contribution in [1.29, 1.82) is 0 Å². The van der Waals surface area contributed by atoms with Gasteiger partial charge in [0.05, 0.1) is 11.5 Å². The monoisotopic (exact) mass is 509 g/mol. The summed E-state index contributed by atoms with van der Waals surface area (Å²) in [5.74, 6) is -1.01. The summed E-state index contributed by atoms with van der Waals surface area (Å²) in [4.78, 5) is 12.3. The van der Waals surface area contributed by atoms with E-state index in [9.17, 15) is 17.6 Å². The summed E-state index contributed by atoms with van der Waals surface area (Å²) >= 11 is 0. The molecule has 6 nitrogen and oxygen atoms in total. The van der Waals surface area contributed by atoms with Crippen LogP contribution < -0.4 is 0 Å². The summed E-state index contributed by atoms with van der Waals surface area (Å²) in [6, 6.07) is 18.8. The van der Waals surface area contributed by atoms with Crippen LogP contribution in [0.3, 0.4) is 0 Å². The lowest BCUT2D eigenvalue weighted by Gasteiger charge is -2.23. The Labute approximate surface area is 210 Å². The van der Waals surface area contributed by atoms with Crippen LogP contribution in [0.5, 0.6) is 0 Å². The number of furan rings is 1. The number of esters is 1. The topological polar surface area (TPSA) is 76.8 Å². The van der Waals surface area contributed by atoms with E-state index in [1.54, 1.807) is 32.9 Å². The second-order valence-corrected chi connectivity index (χ2v) is 10.5. The van der Waals surface area contributed by atoms with Crippen molar-refractivity contribution < 1.29 is 26.8 Å². The Morgan fingerprint density at radius 1 is 1.03 bits per heavy atom. The number of hydrogen-bond acceptors (Lipinski definition) is 5. The minimum atomic E-state index is -4.02. The summed E-state index contributed by atoms with van der Waals surface area (Å²) in [5.41, 5.74) is 2.91. The number of sulfonamides is 1. The second-order valence-electron chi connectivity index (χ2n) is 8.60. The number of halogens is 1. The molecule has 36 heavy (non-hydrogen) atoms. The molecule has 4 aromatic rings. The van der Waals surface area contributed by atoms with Crippen molar-refractivity contribution in [2.24, 2.45) is 0 Å². The number of carbonyl (C=O) groups is 1. The Morgan fingerprint density at radius 2 is 1.78 bits per heavy atom. The summed E-state index contributed by atoms with van der Waals surface area (Å²) in [5, 5.41) is 0.503. The maximum atomic E-state index is 14.7. The molecule has 0 fully saturated rings. The predicted octanol–water partition coefficient (Wildman–Crippen LogP) is 5.80. The molecule has 3 aromatic carbocycles. The van der Waals surface area contributed by atoms with Crippen molar-refractivity contribution in [2.75, 3.05) is 13.2 Å². The highest BCUT2D eigenvalue weighted by Crippen LogP contribution is 2.30. The molecule has 0 saturated heterocycles. The van der Waals surface area contributed by atoms with Crippen molar-refractivity contribution in [3.63, 3.8) is 0 Å². The summed E-state index contributed by atoms with van der Waals surface area (Å²) < 4.78 is 54.3. The molecule has 0 bridgehead atoms. The maximum absolute atomic E-state index is 14.7. The van der Waals surface area contributed by atoms with Gasteiger partial charge in [0.2, 0.25) is 15.8 Å². The van der Waals surface area contributed by atoms with E-state index in [2.05, 4.69) is 0 Å². The SMILES string of the molecule is CCOC(=O)c1oc2ccc(S(=O)(=O)N(CCc3ccccc3)Cc3ccc(C)cc3F)cc2c1C. The highest BCUT2D eigenvalue weighted by molar-refractivity contribution is 7.89. The van der Waals surface area contributed by atoms with Crippen LogP contribution in [0.15, 0.2) is 76.0 Å². The minimum absolute atomic E-state index is 0.0369. The lowest BCUT2D eigenvalue weighted by atomic mass is 10.1. The fourth-order valence-corrected chi connectivity index (χ4v) is 5.50. The minimum Gasteiger partial charge on any atom is -0.460 e. The van der Waals surface area contributed by atoms with Gasteiger partial charge in [-0.15, -0.1) is 0 Å². The smallest absolute Gasteiger partial charge is 0.374 e. The summed E-state index contributed by atoms with van der Waals surface area (Å²) in [7, 11) is -4.02. The van der Waals surface area contributed by atoms with Crippen molar-refractivity contribution in [3.8, 4) is 0 Å². The molecular weight excluding hydrogens is 481 g/mol. The van der Waals surface area contributed by atoms with Gasteiger partial charge in [0.1, 0.15) is 11.4 Å². The Hall–Kier alpha value is -3.49. The first kappa shape index (κ1) is 25.6. The Balaban J connectivity index is 1.72. The molecule has 1 aromatic heterocycles. The van der Waals surface area contributed by atoms with Crippen LogP contribution in [0.1, 0.15) is 39.7 Å². The van der Waals surface area contributed by atoms with E-state index < -0.39 is 21.8 Å². The van der Waals surface area contributed by atoms with E-state index in [0.717, 1.165) is 11.1 Å². The van der Waals surface area contributed by atoms with E-state index in [0.29, 0.717) is 28.5 Å². The van der Waals surface area contributed by atoms with Gasteiger partial charge in [-0.1, -0.05) is 42.5 Å². The number of aryl methyl sites for hydroxylation is 2. The first-order valence-electron chi connectivity index (χ1n) is 11.7.